The second kappa shape index (κ2) is 9.35. The fourth-order valence-electron chi connectivity index (χ4n) is 3.78. The molecule has 0 amide bonds. The fourth-order valence-corrected chi connectivity index (χ4v) is 3.78. The van der Waals surface area contributed by atoms with Crippen LogP contribution >= 0.6 is 0 Å². The maximum Gasteiger partial charge on any atom is 0.216 e. The van der Waals surface area contributed by atoms with Gasteiger partial charge in [-0.05, 0) is 55.8 Å². The van der Waals surface area contributed by atoms with E-state index >= 15 is 0 Å². The molecule has 11 heteroatoms. The van der Waals surface area contributed by atoms with Crippen LogP contribution in [-0.4, -0.2) is 61.4 Å². The third-order valence-electron chi connectivity index (χ3n) is 5.54. The summed E-state index contributed by atoms with van der Waals surface area (Å²) in [6, 6.07) is 1.66. The van der Waals surface area contributed by atoms with E-state index in [2.05, 4.69) is 32.1 Å². The quantitative estimate of drug-likeness (QED) is 0.463. The number of hydrogen-bond donors (Lipinski definition) is 3. The van der Waals surface area contributed by atoms with Crippen molar-refractivity contribution in [2.45, 2.75) is 51.8 Å². The summed E-state index contributed by atoms with van der Waals surface area (Å²) < 4.78 is 18.1. The van der Waals surface area contributed by atoms with Crippen molar-refractivity contribution >= 4 is 16.9 Å². The SMILES string of the molecule is CCn1c(-c2nonc2N)nc2c(C#CC(C)(C)O)nc(OCC(N)C3CCOCC3)cc21. The number of aliphatic hydroxyl groups is 1. The standard InChI is InChI=1S/C22H29N7O4/c1-4-29-16-11-17(32-12-14(23)13-6-9-31-10-7-13)25-15(5-8-22(2,3)30)18(16)26-21(29)19-20(24)28-33-27-19/h11,13-14,30H,4,6-7,9-10,12,23H2,1-3H3,(H2,24,28). The summed E-state index contributed by atoms with van der Waals surface area (Å²) in [7, 11) is 0. The third kappa shape index (κ3) is 5.08. The third-order valence-corrected chi connectivity index (χ3v) is 5.54. The van der Waals surface area contributed by atoms with Gasteiger partial charge in [0.1, 0.15) is 23.4 Å². The second-order valence-electron chi connectivity index (χ2n) is 8.59. The molecule has 0 saturated carbocycles. The van der Waals surface area contributed by atoms with Crippen molar-refractivity contribution in [3.05, 3.63) is 11.8 Å². The predicted octanol–water partition coefficient (Wildman–Crippen LogP) is 1.34. The Morgan fingerprint density at radius 2 is 2.06 bits per heavy atom. The van der Waals surface area contributed by atoms with Crippen molar-refractivity contribution < 1.29 is 19.2 Å². The van der Waals surface area contributed by atoms with E-state index in [-0.39, 0.29) is 11.9 Å². The Bertz CT molecular complexity index is 1180. The first kappa shape index (κ1) is 23.0. The van der Waals surface area contributed by atoms with E-state index in [0.717, 1.165) is 31.6 Å². The Labute approximate surface area is 191 Å². The van der Waals surface area contributed by atoms with E-state index < -0.39 is 5.60 Å². The molecule has 3 aromatic rings. The van der Waals surface area contributed by atoms with Crippen LogP contribution < -0.4 is 16.2 Å². The van der Waals surface area contributed by atoms with Gasteiger partial charge in [0, 0.05) is 31.9 Å². The number of hydrogen-bond acceptors (Lipinski definition) is 10. The number of nitrogens with two attached hydrogens (primary N) is 2. The van der Waals surface area contributed by atoms with Crippen molar-refractivity contribution in [1.82, 2.24) is 24.8 Å². The first-order chi connectivity index (χ1) is 15.8. The highest BCUT2D eigenvalue weighted by molar-refractivity contribution is 5.86. The van der Waals surface area contributed by atoms with Crippen LogP contribution in [0.5, 0.6) is 5.88 Å². The van der Waals surface area contributed by atoms with Crippen molar-refractivity contribution in [2.75, 3.05) is 25.6 Å². The topological polar surface area (TPSA) is 160 Å². The molecular weight excluding hydrogens is 426 g/mol. The van der Waals surface area contributed by atoms with Gasteiger partial charge >= 0.3 is 0 Å². The maximum absolute atomic E-state index is 10.1. The first-order valence-electron chi connectivity index (χ1n) is 11.0. The molecule has 3 aromatic heterocycles. The van der Waals surface area contributed by atoms with Crippen molar-refractivity contribution in [1.29, 1.82) is 0 Å². The Balaban J connectivity index is 1.74. The zero-order chi connectivity index (χ0) is 23.6. The van der Waals surface area contributed by atoms with Crippen LogP contribution in [0.1, 0.15) is 39.3 Å². The lowest BCUT2D eigenvalue weighted by atomic mass is 9.93. The number of imidazole rings is 1. The zero-order valence-electron chi connectivity index (χ0n) is 19.0. The van der Waals surface area contributed by atoms with Crippen LogP contribution in [0.15, 0.2) is 10.7 Å². The summed E-state index contributed by atoms with van der Waals surface area (Å²) in [5, 5.41) is 17.6. The van der Waals surface area contributed by atoms with Crippen LogP contribution in [-0.2, 0) is 11.3 Å². The van der Waals surface area contributed by atoms with Gasteiger partial charge in [0.25, 0.3) is 0 Å². The Hall–Kier alpha value is -3.20. The molecule has 4 rings (SSSR count). The van der Waals surface area contributed by atoms with Gasteiger partial charge < -0.3 is 30.6 Å². The van der Waals surface area contributed by atoms with Gasteiger partial charge in [-0.15, -0.1) is 0 Å². The molecule has 1 atom stereocenters. The molecule has 1 aliphatic heterocycles. The summed E-state index contributed by atoms with van der Waals surface area (Å²) in [5.74, 6) is 7.06. The molecular formula is C22H29N7O4. The Morgan fingerprint density at radius 1 is 1.30 bits per heavy atom. The number of nitrogen functional groups attached to an aromatic ring is 1. The number of nitrogens with zero attached hydrogens (tertiary/aromatic N) is 5. The van der Waals surface area contributed by atoms with E-state index in [4.69, 9.17) is 25.6 Å². The molecule has 0 aromatic carbocycles. The lowest BCUT2D eigenvalue weighted by molar-refractivity contribution is 0.0519. The molecule has 0 radical (unpaired) electrons. The van der Waals surface area contributed by atoms with Gasteiger partial charge in [0.15, 0.2) is 17.3 Å². The van der Waals surface area contributed by atoms with Crippen molar-refractivity contribution in [3.8, 4) is 29.2 Å². The molecule has 1 fully saturated rings. The Morgan fingerprint density at radius 3 is 2.70 bits per heavy atom. The molecule has 11 nitrogen and oxygen atoms in total. The molecule has 4 heterocycles. The lowest BCUT2D eigenvalue weighted by Gasteiger charge is -2.27. The minimum Gasteiger partial charge on any atom is -0.476 e. The summed E-state index contributed by atoms with van der Waals surface area (Å²) in [6.07, 6.45) is 1.83. The smallest absolute Gasteiger partial charge is 0.216 e. The highest BCUT2D eigenvalue weighted by atomic mass is 16.6. The van der Waals surface area contributed by atoms with Crippen LogP contribution in [0.4, 0.5) is 5.82 Å². The van der Waals surface area contributed by atoms with Crippen molar-refractivity contribution in [2.24, 2.45) is 11.7 Å². The van der Waals surface area contributed by atoms with E-state index in [1.807, 2.05) is 11.5 Å². The fraction of sp³-hybridized carbons (Fsp3) is 0.545. The average molecular weight is 456 g/mol. The molecule has 33 heavy (non-hydrogen) atoms. The maximum atomic E-state index is 10.1. The van der Waals surface area contributed by atoms with Gasteiger partial charge in [0.2, 0.25) is 5.88 Å². The van der Waals surface area contributed by atoms with Crippen LogP contribution in [0.2, 0.25) is 0 Å². The molecule has 1 aliphatic rings. The summed E-state index contributed by atoms with van der Waals surface area (Å²) in [5.41, 5.74) is 13.1. The van der Waals surface area contributed by atoms with Gasteiger partial charge in [0.05, 0.1) is 5.52 Å². The predicted molar refractivity (Wildman–Crippen MR) is 121 cm³/mol. The van der Waals surface area contributed by atoms with Crippen LogP contribution in [0, 0.1) is 17.8 Å². The summed E-state index contributed by atoms with van der Waals surface area (Å²) in [4.78, 5) is 9.24. The molecule has 0 aliphatic carbocycles. The molecule has 5 N–H and O–H groups in total. The highest BCUT2D eigenvalue weighted by Crippen LogP contribution is 2.30. The van der Waals surface area contributed by atoms with E-state index in [9.17, 15) is 5.11 Å². The number of aromatic nitrogens is 5. The number of anilines is 1. The lowest BCUT2D eigenvalue weighted by Crippen LogP contribution is -2.39. The summed E-state index contributed by atoms with van der Waals surface area (Å²) in [6.45, 7) is 7.50. The summed E-state index contributed by atoms with van der Waals surface area (Å²) >= 11 is 0. The van der Waals surface area contributed by atoms with Crippen LogP contribution in [0.25, 0.3) is 22.6 Å². The van der Waals surface area contributed by atoms with Gasteiger partial charge in [-0.25, -0.2) is 14.6 Å². The molecule has 1 saturated heterocycles. The minimum absolute atomic E-state index is 0.134. The molecule has 176 valence electrons. The zero-order valence-corrected chi connectivity index (χ0v) is 19.0. The normalized spacial score (nSPS) is 15.9. The number of fused-ring (bicyclic) bond motifs is 1. The van der Waals surface area contributed by atoms with Gasteiger partial charge in [-0.1, -0.05) is 5.92 Å². The van der Waals surface area contributed by atoms with Gasteiger partial charge in [-0.3, -0.25) is 0 Å². The van der Waals surface area contributed by atoms with Crippen LogP contribution in [0.3, 0.4) is 0 Å². The van der Waals surface area contributed by atoms with Crippen molar-refractivity contribution in [3.63, 3.8) is 0 Å². The molecule has 0 spiro atoms. The largest absolute Gasteiger partial charge is 0.476 e. The number of ether oxygens (including phenoxy) is 2. The Kier molecular flexibility index (Phi) is 6.51. The van der Waals surface area contributed by atoms with Gasteiger partial charge in [-0.2, -0.15) is 0 Å². The second-order valence-corrected chi connectivity index (χ2v) is 8.59. The minimum atomic E-state index is -1.20. The number of pyridine rings is 1. The van der Waals surface area contributed by atoms with E-state index in [1.165, 1.54) is 0 Å². The monoisotopic (exact) mass is 455 g/mol. The molecule has 0 bridgehead atoms. The average Bonchev–Trinajstić information content (AvgIpc) is 3.38. The number of aryl methyl sites for hydroxylation is 1. The number of rotatable bonds is 6. The highest BCUT2D eigenvalue weighted by Gasteiger charge is 2.24. The van der Waals surface area contributed by atoms with E-state index in [0.29, 0.717) is 47.7 Å². The first-order valence-corrected chi connectivity index (χ1v) is 11.0. The van der Waals surface area contributed by atoms with E-state index in [1.54, 1.807) is 19.9 Å². The molecule has 1 unspecified atom stereocenters.